The SMILES string of the molecule is CCN(CC)C(=O)C(C)NS(=O)(=O)c1sc(Cl)nc1C. The molecule has 1 N–H and O–H groups in total. The number of hydrogen-bond donors (Lipinski definition) is 1. The Morgan fingerprint density at radius 3 is 2.40 bits per heavy atom. The normalized spacial score (nSPS) is 13.2. The number of amides is 1. The van der Waals surface area contributed by atoms with Gasteiger partial charge in [-0.1, -0.05) is 22.9 Å². The van der Waals surface area contributed by atoms with E-state index < -0.39 is 16.1 Å². The van der Waals surface area contributed by atoms with Gasteiger partial charge in [0.25, 0.3) is 10.0 Å². The monoisotopic (exact) mass is 339 g/mol. The van der Waals surface area contributed by atoms with E-state index in [1.165, 1.54) is 6.92 Å². The third-order valence-corrected chi connectivity index (χ3v) is 6.16. The standard InChI is InChI=1S/C11H18ClN3O3S2/c1-5-15(6-2)9(16)7(3)14-20(17,18)10-8(4)13-11(12)19-10/h7,14H,5-6H2,1-4H3. The highest BCUT2D eigenvalue weighted by Crippen LogP contribution is 2.26. The van der Waals surface area contributed by atoms with Crippen LogP contribution in [0.1, 0.15) is 26.5 Å². The third kappa shape index (κ3) is 3.91. The first-order valence-electron chi connectivity index (χ1n) is 6.17. The number of carbonyl (C=O) groups is 1. The fraction of sp³-hybridized carbons (Fsp3) is 0.636. The second kappa shape index (κ2) is 6.84. The molecule has 0 aliphatic heterocycles. The molecule has 1 aromatic heterocycles. The van der Waals surface area contributed by atoms with Gasteiger partial charge in [0, 0.05) is 13.1 Å². The number of hydrogen-bond acceptors (Lipinski definition) is 5. The van der Waals surface area contributed by atoms with Gasteiger partial charge < -0.3 is 4.90 Å². The van der Waals surface area contributed by atoms with Gasteiger partial charge in [-0.05, 0) is 27.7 Å². The molecule has 0 aliphatic carbocycles. The molecule has 0 saturated heterocycles. The summed E-state index contributed by atoms with van der Waals surface area (Å²) in [5.74, 6) is -0.258. The Kier molecular flexibility index (Phi) is 5.93. The predicted octanol–water partition coefficient (Wildman–Crippen LogP) is 1.64. The Labute approximate surface area is 128 Å². The van der Waals surface area contributed by atoms with Crippen LogP contribution in [0.3, 0.4) is 0 Å². The third-order valence-electron chi connectivity index (χ3n) is 2.75. The highest BCUT2D eigenvalue weighted by atomic mass is 35.5. The van der Waals surface area contributed by atoms with Crippen molar-refractivity contribution in [2.45, 2.75) is 37.9 Å². The molecule has 0 fully saturated rings. The van der Waals surface area contributed by atoms with E-state index in [4.69, 9.17) is 11.6 Å². The fourth-order valence-electron chi connectivity index (χ4n) is 1.75. The molecule has 6 nitrogen and oxygen atoms in total. The molecule has 1 amide bonds. The van der Waals surface area contributed by atoms with Crippen molar-refractivity contribution in [2.75, 3.05) is 13.1 Å². The van der Waals surface area contributed by atoms with Crippen LogP contribution < -0.4 is 4.72 Å². The van der Waals surface area contributed by atoms with Crippen LogP contribution in [0.15, 0.2) is 4.21 Å². The molecule has 0 aliphatic rings. The summed E-state index contributed by atoms with van der Waals surface area (Å²) in [6.07, 6.45) is 0. The Bertz CT molecular complexity index is 582. The average Bonchev–Trinajstić information content (AvgIpc) is 2.70. The number of aromatic nitrogens is 1. The highest BCUT2D eigenvalue weighted by molar-refractivity contribution is 7.91. The second-order valence-corrected chi connectivity index (χ2v) is 7.68. The lowest BCUT2D eigenvalue weighted by Crippen LogP contribution is -2.46. The first kappa shape index (κ1) is 17.4. The topological polar surface area (TPSA) is 79.4 Å². The lowest BCUT2D eigenvalue weighted by molar-refractivity contribution is -0.132. The Morgan fingerprint density at radius 1 is 1.45 bits per heavy atom. The number of nitrogens with zero attached hydrogens (tertiary/aromatic N) is 2. The van der Waals surface area contributed by atoms with Gasteiger partial charge in [0.2, 0.25) is 5.91 Å². The minimum atomic E-state index is -3.79. The van der Waals surface area contributed by atoms with Crippen molar-refractivity contribution < 1.29 is 13.2 Å². The van der Waals surface area contributed by atoms with E-state index in [0.29, 0.717) is 18.8 Å². The highest BCUT2D eigenvalue weighted by Gasteiger charge is 2.27. The maximum atomic E-state index is 12.2. The average molecular weight is 340 g/mol. The van der Waals surface area contributed by atoms with Gasteiger partial charge in [-0.2, -0.15) is 4.72 Å². The maximum Gasteiger partial charge on any atom is 0.252 e. The molecule has 0 saturated carbocycles. The summed E-state index contributed by atoms with van der Waals surface area (Å²) in [5.41, 5.74) is 0.329. The number of carbonyl (C=O) groups excluding carboxylic acids is 1. The first-order chi connectivity index (χ1) is 9.22. The van der Waals surface area contributed by atoms with Gasteiger partial charge in [0.1, 0.15) is 0 Å². The van der Waals surface area contributed by atoms with Crippen molar-refractivity contribution in [2.24, 2.45) is 0 Å². The Hall–Kier alpha value is -0.700. The van der Waals surface area contributed by atoms with Gasteiger partial charge in [-0.3, -0.25) is 4.79 Å². The van der Waals surface area contributed by atoms with Crippen molar-refractivity contribution in [3.8, 4) is 0 Å². The van der Waals surface area contributed by atoms with Crippen LogP contribution in [0.4, 0.5) is 0 Å². The smallest absolute Gasteiger partial charge is 0.252 e. The van der Waals surface area contributed by atoms with Crippen molar-refractivity contribution in [1.29, 1.82) is 0 Å². The predicted molar refractivity (Wildman–Crippen MR) is 79.6 cm³/mol. The molecule has 1 atom stereocenters. The molecule has 0 radical (unpaired) electrons. The number of halogens is 1. The number of sulfonamides is 1. The Morgan fingerprint density at radius 2 is 2.00 bits per heavy atom. The molecule has 1 aromatic rings. The molecule has 1 unspecified atom stereocenters. The van der Waals surface area contributed by atoms with Gasteiger partial charge in [0.15, 0.2) is 8.68 Å². The molecule has 0 spiro atoms. The largest absolute Gasteiger partial charge is 0.342 e. The number of aryl methyl sites for hydroxylation is 1. The van der Waals surface area contributed by atoms with Crippen molar-refractivity contribution in [3.05, 3.63) is 10.2 Å². The molecule has 0 aromatic carbocycles. The van der Waals surface area contributed by atoms with E-state index in [1.807, 2.05) is 13.8 Å². The number of rotatable bonds is 6. The van der Waals surface area contributed by atoms with Gasteiger partial charge in [-0.15, -0.1) is 0 Å². The minimum Gasteiger partial charge on any atom is -0.342 e. The van der Waals surface area contributed by atoms with Crippen LogP contribution in [0.25, 0.3) is 0 Å². The van der Waals surface area contributed by atoms with Crippen molar-refractivity contribution >= 4 is 38.9 Å². The first-order valence-corrected chi connectivity index (χ1v) is 8.84. The van der Waals surface area contributed by atoms with Crippen LogP contribution in [-0.4, -0.2) is 43.3 Å². The lowest BCUT2D eigenvalue weighted by atomic mass is 10.3. The molecule has 1 rings (SSSR count). The zero-order chi connectivity index (χ0) is 15.5. The van der Waals surface area contributed by atoms with Crippen molar-refractivity contribution in [3.63, 3.8) is 0 Å². The second-order valence-electron chi connectivity index (χ2n) is 4.19. The van der Waals surface area contributed by atoms with Crippen LogP contribution in [0.2, 0.25) is 4.47 Å². The summed E-state index contributed by atoms with van der Waals surface area (Å²) in [6, 6.07) is -0.833. The molecule has 1 heterocycles. The lowest BCUT2D eigenvalue weighted by Gasteiger charge is -2.23. The van der Waals surface area contributed by atoms with E-state index in [0.717, 1.165) is 11.3 Å². The van der Waals surface area contributed by atoms with E-state index >= 15 is 0 Å². The number of thiazole rings is 1. The Balaban J connectivity index is 2.91. The molecule has 9 heteroatoms. The molecule has 0 bridgehead atoms. The van der Waals surface area contributed by atoms with Gasteiger partial charge in [-0.25, -0.2) is 13.4 Å². The fourth-order valence-corrected chi connectivity index (χ4v) is 4.70. The van der Waals surface area contributed by atoms with Crippen LogP contribution in [0.5, 0.6) is 0 Å². The van der Waals surface area contributed by atoms with Crippen LogP contribution in [0, 0.1) is 6.92 Å². The maximum absolute atomic E-state index is 12.2. The van der Waals surface area contributed by atoms with Gasteiger partial charge >= 0.3 is 0 Å². The number of likely N-dealkylation sites (N-methyl/N-ethyl adjacent to an activating group) is 1. The summed E-state index contributed by atoms with van der Waals surface area (Å²) in [4.78, 5) is 17.5. The quantitative estimate of drug-likeness (QED) is 0.854. The number of nitrogens with one attached hydrogen (secondary N) is 1. The van der Waals surface area contributed by atoms with E-state index in [1.54, 1.807) is 11.8 Å². The summed E-state index contributed by atoms with van der Waals surface area (Å²) >= 11 is 6.58. The minimum absolute atomic E-state index is 0.0432. The molecular formula is C11H18ClN3O3S2. The summed E-state index contributed by atoms with van der Waals surface area (Å²) in [7, 11) is -3.79. The van der Waals surface area contributed by atoms with E-state index in [2.05, 4.69) is 9.71 Å². The molecule has 20 heavy (non-hydrogen) atoms. The van der Waals surface area contributed by atoms with Crippen LogP contribution >= 0.6 is 22.9 Å². The molecule has 114 valence electrons. The summed E-state index contributed by atoms with van der Waals surface area (Å²) in [5, 5.41) is 0. The zero-order valence-corrected chi connectivity index (χ0v) is 14.2. The van der Waals surface area contributed by atoms with Crippen molar-refractivity contribution in [1.82, 2.24) is 14.6 Å². The summed E-state index contributed by atoms with van der Waals surface area (Å²) < 4.78 is 27.0. The summed E-state index contributed by atoms with van der Waals surface area (Å²) in [6.45, 7) is 7.84. The van der Waals surface area contributed by atoms with E-state index in [9.17, 15) is 13.2 Å². The van der Waals surface area contributed by atoms with Gasteiger partial charge in [0.05, 0.1) is 11.7 Å². The van der Waals surface area contributed by atoms with Crippen LogP contribution in [-0.2, 0) is 14.8 Å². The van der Waals surface area contributed by atoms with E-state index in [-0.39, 0.29) is 14.6 Å². The zero-order valence-electron chi connectivity index (χ0n) is 11.8. The molecular weight excluding hydrogens is 322 g/mol.